The first kappa shape index (κ1) is 14.9. The van der Waals surface area contributed by atoms with Crippen LogP contribution < -0.4 is 0 Å². The fourth-order valence-electron chi connectivity index (χ4n) is 2.47. The molecule has 0 aliphatic carbocycles. The zero-order chi connectivity index (χ0) is 15.0. The SMILES string of the molecule is O=S1(=O)CCC(c2csc(Cc3c(F)cccc3Cl)n2)C1. The van der Waals surface area contributed by atoms with Gasteiger partial charge in [0.05, 0.1) is 22.2 Å². The summed E-state index contributed by atoms with van der Waals surface area (Å²) < 4.78 is 36.8. The van der Waals surface area contributed by atoms with Gasteiger partial charge in [0, 0.05) is 28.3 Å². The van der Waals surface area contributed by atoms with Gasteiger partial charge in [0.2, 0.25) is 0 Å². The van der Waals surface area contributed by atoms with Gasteiger partial charge in [-0.05, 0) is 18.6 Å². The molecule has 0 spiro atoms. The molecule has 3 rings (SSSR count). The molecule has 0 N–H and O–H groups in total. The van der Waals surface area contributed by atoms with Gasteiger partial charge in [0.25, 0.3) is 0 Å². The maximum atomic E-state index is 13.8. The van der Waals surface area contributed by atoms with E-state index in [1.54, 1.807) is 12.1 Å². The van der Waals surface area contributed by atoms with Crippen LogP contribution in [0.1, 0.15) is 28.6 Å². The highest BCUT2D eigenvalue weighted by Gasteiger charge is 2.30. The third-order valence-electron chi connectivity index (χ3n) is 3.61. The molecule has 112 valence electrons. The number of aromatic nitrogens is 1. The molecule has 2 heterocycles. The van der Waals surface area contributed by atoms with Crippen molar-refractivity contribution in [1.82, 2.24) is 4.98 Å². The Hall–Kier alpha value is -0.980. The van der Waals surface area contributed by atoms with Crippen LogP contribution in [0.5, 0.6) is 0 Å². The Morgan fingerprint density at radius 1 is 1.43 bits per heavy atom. The second-order valence-corrected chi connectivity index (χ2v) is 8.72. The van der Waals surface area contributed by atoms with E-state index in [4.69, 9.17) is 11.6 Å². The summed E-state index contributed by atoms with van der Waals surface area (Å²) in [7, 11) is -2.92. The number of thiazole rings is 1. The van der Waals surface area contributed by atoms with Gasteiger partial charge in [-0.3, -0.25) is 0 Å². The summed E-state index contributed by atoms with van der Waals surface area (Å²) in [6, 6.07) is 4.59. The number of halogens is 2. The van der Waals surface area contributed by atoms with Gasteiger partial charge in [-0.2, -0.15) is 0 Å². The van der Waals surface area contributed by atoms with Gasteiger partial charge < -0.3 is 0 Å². The zero-order valence-electron chi connectivity index (χ0n) is 11.1. The molecule has 2 aromatic rings. The lowest BCUT2D eigenvalue weighted by Gasteiger charge is -2.04. The van der Waals surface area contributed by atoms with E-state index in [0.29, 0.717) is 23.4 Å². The van der Waals surface area contributed by atoms with Crippen molar-refractivity contribution in [2.24, 2.45) is 0 Å². The molecule has 1 unspecified atom stereocenters. The molecule has 0 amide bonds. The van der Waals surface area contributed by atoms with Crippen LogP contribution >= 0.6 is 22.9 Å². The summed E-state index contributed by atoms with van der Waals surface area (Å²) in [6.07, 6.45) is 0.946. The minimum atomic E-state index is -2.92. The average Bonchev–Trinajstić information content (AvgIpc) is 3.00. The monoisotopic (exact) mass is 345 g/mol. The van der Waals surface area contributed by atoms with Crippen molar-refractivity contribution in [1.29, 1.82) is 0 Å². The average molecular weight is 346 g/mol. The summed E-state index contributed by atoms with van der Waals surface area (Å²) in [5.74, 6) is 0.0131. The van der Waals surface area contributed by atoms with Crippen molar-refractivity contribution in [2.45, 2.75) is 18.8 Å². The molecule has 1 saturated heterocycles. The number of rotatable bonds is 3. The summed E-state index contributed by atoms with van der Waals surface area (Å²) in [6.45, 7) is 0. The number of benzene rings is 1. The van der Waals surface area contributed by atoms with Crippen LogP contribution in [0.2, 0.25) is 5.02 Å². The van der Waals surface area contributed by atoms with Crippen LogP contribution in [0, 0.1) is 5.82 Å². The highest BCUT2D eigenvalue weighted by atomic mass is 35.5. The van der Waals surface area contributed by atoms with Crippen LogP contribution in [0.15, 0.2) is 23.6 Å². The number of hydrogen-bond acceptors (Lipinski definition) is 4. The Bertz CT molecular complexity index is 753. The highest BCUT2D eigenvalue weighted by molar-refractivity contribution is 7.91. The quantitative estimate of drug-likeness (QED) is 0.856. The highest BCUT2D eigenvalue weighted by Crippen LogP contribution is 2.31. The van der Waals surface area contributed by atoms with Crippen molar-refractivity contribution in [3.63, 3.8) is 0 Å². The molecule has 0 radical (unpaired) electrons. The maximum absolute atomic E-state index is 13.8. The Balaban J connectivity index is 1.80. The van der Waals surface area contributed by atoms with E-state index in [0.717, 1.165) is 10.7 Å². The van der Waals surface area contributed by atoms with Gasteiger partial charge >= 0.3 is 0 Å². The molecule has 21 heavy (non-hydrogen) atoms. The topological polar surface area (TPSA) is 47.0 Å². The van der Waals surface area contributed by atoms with E-state index in [-0.39, 0.29) is 23.2 Å². The van der Waals surface area contributed by atoms with Crippen LogP contribution in [-0.2, 0) is 16.3 Å². The molecular formula is C14H13ClFNO2S2. The number of hydrogen-bond donors (Lipinski definition) is 0. The first-order chi connectivity index (χ1) is 9.94. The molecule has 3 nitrogen and oxygen atoms in total. The second-order valence-electron chi connectivity index (χ2n) is 5.14. The molecule has 7 heteroatoms. The third-order valence-corrected chi connectivity index (χ3v) is 6.60. The Kier molecular flexibility index (Phi) is 4.03. The van der Waals surface area contributed by atoms with E-state index in [2.05, 4.69) is 4.98 Å². The first-order valence-corrected chi connectivity index (χ1v) is 9.60. The molecule has 0 saturated carbocycles. The summed E-state index contributed by atoms with van der Waals surface area (Å²) in [5, 5.41) is 3.01. The fraction of sp³-hybridized carbons (Fsp3) is 0.357. The van der Waals surface area contributed by atoms with Gasteiger partial charge in [-0.15, -0.1) is 11.3 Å². The lowest BCUT2D eigenvalue weighted by atomic mass is 10.1. The van der Waals surface area contributed by atoms with E-state index in [9.17, 15) is 12.8 Å². The van der Waals surface area contributed by atoms with E-state index in [1.807, 2.05) is 5.38 Å². The predicted octanol–water partition coefficient (Wildman–Crippen LogP) is 3.43. The standard InChI is InChI=1S/C14H13ClFNO2S2/c15-11-2-1-3-12(16)10(11)6-14-17-13(7-20-14)9-4-5-21(18,19)8-9/h1-3,7,9H,4-6,8H2. The van der Waals surface area contributed by atoms with E-state index >= 15 is 0 Å². The Morgan fingerprint density at radius 2 is 2.24 bits per heavy atom. The Morgan fingerprint density at radius 3 is 2.90 bits per heavy atom. The van der Waals surface area contributed by atoms with Crippen LogP contribution in [-0.4, -0.2) is 24.9 Å². The molecular weight excluding hydrogens is 333 g/mol. The van der Waals surface area contributed by atoms with Crippen LogP contribution in [0.4, 0.5) is 4.39 Å². The van der Waals surface area contributed by atoms with Crippen molar-refractivity contribution in [2.75, 3.05) is 11.5 Å². The van der Waals surface area contributed by atoms with E-state index < -0.39 is 9.84 Å². The lowest BCUT2D eigenvalue weighted by molar-refractivity contribution is 0.601. The van der Waals surface area contributed by atoms with Crippen molar-refractivity contribution in [3.8, 4) is 0 Å². The van der Waals surface area contributed by atoms with Crippen molar-refractivity contribution < 1.29 is 12.8 Å². The number of sulfone groups is 1. The molecule has 1 aromatic carbocycles. The van der Waals surface area contributed by atoms with Gasteiger partial charge in [0.1, 0.15) is 5.82 Å². The molecule has 1 aromatic heterocycles. The summed E-state index contributed by atoms with van der Waals surface area (Å²) in [4.78, 5) is 4.46. The normalized spacial score (nSPS) is 20.8. The van der Waals surface area contributed by atoms with Gasteiger partial charge in [-0.1, -0.05) is 17.7 Å². The predicted molar refractivity (Wildman–Crippen MR) is 82.3 cm³/mol. The molecule has 0 bridgehead atoms. The van der Waals surface area contributed by atoms with Gasteiger partial charge in [-0.25, -0.2) is 17.8 Å². The van der Waals surface area contributed by atoms with Crippen LogP contribution in [0.25, 0.3) is 0 Å². The molecule has 1 fully saturated rings. The fourth-order valence-corrected chi connectivity index (χ4v) is 5.35. The lowest BCUT2D eigenvalue weighted by Crippen LogP contribution is -2.04. The Labute approximate surface area is 131 Å². The largest absolute Gasteiger partial charge is 0.246 e. The smallest absolute Gasteiger partial charge is 0.151 e. The second kappa shape index (κ2) is 5.66. The molecule has 1 aliphatic rings. The molecule has 1 atom stereocenters. The summed E-state index contributed by atoms with van der Waals surface area (Å²) in [5.41, 5.74) is 1.22. The molecule has 1 aliphatic heterocycles. The third kappa shape index (κ3) is 3.27. The van der Waals surface area contributed by atoms with Gasteiger partial charge in [0.15, 0.2) is 9.84 Å². The first-order valence-electron chi connectivity index (χ1n) is 6.52. The minimum Gasteiger partial charge on any atom is -0.246 e. The van der Waals surface area contributed by atoms with Crippen molar-refractivity contribution in [3.05, 3.63) is 50.7 Å². The summed E-state index contributed by atoms with van der Waals surface area (Å²) >= 11 is 7.43. The van der Waals surface area contributed by atoms with Crippen molar-refractivity contribution >= 4 is 32.8 Å². The van der Waals surface area contributed by atoms with E-state index in [1.165, 1.54) is 17.4 Å². The van der Waals surface area contributed by atoms with Crippen LogP contribution in [0.3, 0.4) is 0 Å². The minimum absolute atomic E-state index is 0.0314. The zero-order valence-corrected chi connectivity index (χ0v) is 13.4. The maximum Gasteiger partial charge on any atom is 0.151 e. The number of nitrogens with zero attached hydrogens (tertiary/aromatic N) is 1.